The summed E-state index contributed by atoms with van der Waals surface area (Å²) in [7, 11) is 0. The number of nitrogens with zero attached hydrogens (tertiary/aromatic N) is 1. The maximum absolute atomic E-state index is 5.64. The van der Waals surface area contributed by atoms with Crippen molar-refractivity contribution in [2.75, 3.05) is 13.1 Å². The van der Waals surface area contributed by atoms with E-state index in [1.807, 2.05) is 12.1 Å². The second-order valence-electron chi connectivity index (χ2n) is 3.05. The Bertz CT molecular complexity index is 269. The van der Waals surface area contributed by atoms with Gasteiger partial charge in [-0.3, -0.25) is 0 Å². The van der Waals surface area contributed by atoms with Crippen molar-refractivity contribution >= 4 is 15.9 Å². The molecule has 0 aromatic carbocycles. The minimum absolute atomic E-state index is 0.286. The highest BCUT2D eigenvalue weighted by molar-refractivity contribution is 9.10. The van der Waals surface area contributed by atoms with E-state index in [0.29, 0.717) is 5.88 Å². The Morgan fingerprint density at radius 2 is 2.46 bits per heavy atom. The number of halogens is 1. The van der Waals surface area contributed by atoms with Gasteiger partial charge >= 0.3 is 0 Å². The molecule has 1 N–H and O–H groups in total. The van der Waals surface area contributed by atoms with E-state index in [1.54, 1.807) is 6.20 Å². The number of pyridine rings is 1. The highest BCUT2D eigenvalue weighted by Gasteiger charge is 2.15. The molecule has 4 heteroatoms. The molecule has 0 amide bonds. The summed E-state index contributed by atoms with van der Waals surface area (Å²) in [5.74, 6) is 0.705. The van der Waals surface area contributed by atoms with E-state index in [0.717, 1.165) is 24.0 Å². The number of hydrogen-bond donors (Lipinski definition) is 1. The van der Waals surface area contributed by atoms with Crippen molar-refractivity contribution in [1.29, 1.82) is 0 Å². The molecule has 2 rings (SSSR count). The lowest BCUT2D eigenvalue weighted by atomic mass is 10.3. The van der Waals surface area contributed by atoms with Crippen LogP contribution in [0.1, 0.15) is 6.42 Å². The van der Waals surface area contributed by atoms with Gasteiger partial charge in [0.05, 0.1) is 0 Å². The van der Waals surface area contributed by atoms with Crippen LogP contribution in [0, 0.1) is 0 Å². The van der Waals surface area contributed by atoms with Gasteiger partial charge in [0.2, 0.25) is 5.88 Å². The first kappa shape index (κ1) is 8.97. The molecule has 1 saturated heterocycles. The largest absolute Gasteiger partial charge is 0.473 e. The lowest BCUT2D eigenvalue weighted by Crippen LogP contribution is -2.19. The molecule has 0 spiro atoms. The van der Waals surface area contributed by atoms with E-state index in [9.17, 15) is 0 Å². The molecule has 2 heterocycles. The van der Waals surface area contributed by atoms with E-state index >= 15 is 0 Å². The summed E-state index contributed by atoms with van der Waals surface area (Å²) >= 11 is 3.33. The minimum atomic E-state index is 0.286. The highest BCUT2D eigenvalue weighted by atomic mass is 79.9. The van der Waals surface area contributed by atoms with E-state index in [2.05, 4.69) is 26.2 Å². The van der Waals surface area contributed by atoms with Gasteiger partial charge in [-0.2, -0.15) is 0 Å². The number of nitrogens with one attached hydrogen (secondary N) is 1. The fourth-order valence-corrected chi connectivity index (χ4v) is 1.57. The quantitative estimate of drug-likeness (QED) is 0.856. The van der Waals surface area contributed by atoms with Crippen LogP contribution >= 0.6 is 15.9 Å². The van der Waals surface area contributed by atoms with Crippen LogP contribution in [0.5, 0.6) is 5.88 Å². The van der Waals surface area contributed by atoms with Crippen LogP contribution in [0.3, 0.4) is 0 Å². The first-order valence-electron chi connectivity index (χ1n) is 4.33. The Hall–Kier alpha value is -0.610. The molecule has 0 bridgehead atoms. The lowest BCUT2D eigenvalue weighted by molar-refractivity contribution is 0.214. The molecular weight excluding hydrogens is 232 g/mol. The standard InChI is InChI=1S/C9H11BrN2O/c10-7-1-2-9(12-5-7)13-8-3-4-11-6-8/h1-2,5,8,11H,3-4,6H2. The average molecular weight is 243 g/mol. The maximum Gasteiger partial charge on any atom is 0.213 e. The summed E-state index contributed by atoms with van der Waals surface area (Å²) in [6.45, 7) is 1.97. The van der Waals surface area contributed by atoms with Gasteiger partial charge in [-0.1, -0.05) is 0 Å². The molecule has 1 fully saturated rings. The topological polar surface area (TPSA) is 34.1 Å². The summed E-state index contributed by atoms with van der Waals surface area (Å²) in [5.41, 5.74) is 0. The molecular formula is C9H11BrN2O. The zero-order valence-corrected chi connectivity index (χ0v) is 8.75. The zero-order chi connectivity index (χ0) is 9.10. The molecule has 0 radical (unpaired) electrons. The van der Waals surface area contributed by atoms with Gasteiger partial charge in [-0.25, -0.2) is 4.98 Å². The summed E-state index contributed by atoms with van der Waals surface area (Å²) in [6.07, 6.45) is 3.10. The number of ether oxygens (including phenoxy) is 1. The Kier molecular flexibility index (Phi) is 2.80. The van der Waals surface area contributed by atoms with Crippen molar-refractivity contribution in [3.05, 3.63) is 22.8 Å². The fourth-order valence-electron chi connectivity index (χ4n) is 1.33. The molecule has 70 valence electrons. The Morgan fingerprint density at radius 3 is 3.08 bits per heavy atom. The van der Waals surface area contributed by atoms with Crippen LogP contribution in [0.2, 0.25) is 0 Å². The van der Waals surface area contributed by atoms with Crippen molar-refractivity contribution in [2.24, 2.45) is 0 Å². The second-order valence-corrected chi connectivity index (χ2v) is 3.96. The van der Waals surface area contributed by atoms with Crippen LogP contribution in [0.4, 0.5) is 0 Å². The fraction of sp³-hybridized carbons (Fsp3) is 0.444. The van der Waals surface area contributed by atoms with Crippen LogP contribution in [0.25, 0.3) is 0 Å². The molecule has 0 saturated carbocycles. The van der Waals surface area contributed by atoms with Crippen LogP contribution in [-0.4, -0.2) is 24.2 Å². The molecule has 3 nitrogen and oxygen atoms in total. The Labute approximate surface area is 85.6 Å². The van der Waals surface area contributed by atoms with Gasteiger partial charge in [-0.05, 0) is 35.0 Å². The third-order valence-electron chi connectivity index (χ3n) is 2.00. The molecule has 1 unspecified atom stereocenters. The molecule has 1 atom stereocenters. The predicted octanol–water partition coefficient (Wildman–Crippen LogP) is 1.58. The number of hydrogen-bond acceptors (Lipinski definition) is 3. The molecule has 1 aromatic rings. The summed E-state index contributed by atoms with van der Waals surface area (Å²) in [4.78, 5) is 4.14. The first-order chi connectivity index (χ1) is 6.34. The van der Waals surface area contributed by atoms with Gasteiger partial charge < -0.3 is 10.1 Å². The van der Waals surface area contributed by atoms with E-state index in [-0.39, 0.29) is 6.10 Å². The van der Waals surface area contributed by atoms with Crippen molar-refractivity contribution < 1.29 is 4.74 Å². The first-order valence-corrected chi connectivity index (χ1v) is 5.13. The predicted molar refractivity (Wildman–Crippen MR) is 53.8 cm³/mol. The molecule has 13 heavy (non-hydrogen) atoms. The monoisotopic (exact) mass is 242 g/mol. The second kappa shape index (κ2) is 4.07. The zero-order valence-electron chi connectivity index (χ0n) is 7.16. The number of rotatable bonds is 2. The summed E-state index contributed by atoms with van der Waals surface area (Å²) < 4.78 is 6.61. The third kappa shape index (κ3) is 2.42. The summed E-state index contributed by atoms with van der Waals surface area (Å²) in [5, 5.41) is 3.24. The molecule has 1 aliphatic heterocycles. The van der Waals surface area contributed by atoms with Gasteiger partial charge in [0.15, 0.2) is 0 Å². The molecule has 1 aliphatic rings. The van der Waals surface area contributed by atoms with E-state index in [4.69, 9.17) is 4.74 Å². The maximum atomic E-state index is 5.64. The number of aromatic nitrogens is 1. The highest BCUT2D eigenvalue weighted by Crippen LogP contribution is 2.15. The average Bonchev–Trinajstić information content (AvgIpc) is 2.62. The van der Waals surface area contributed by atoms with Gasteiger partial charge in [0.25, 0.3) is 0 Å². The Morgan fingerprint density at radius 1 is 1.54 bits per heavy atom. The van der Waals surface area contributed by atoms with Crippen molar-refractivity contribution in [2.45, 2.75) is 12.5 Å². The van der Waals surface area contributed by atoms with E-state index < -0.39 is 0 Å². The molecule has 0 aliphatic carbocycles. The van der Waals surface area contributed by atoms with E-state index in [1.165, 1.54) is 0 Å². The van der Waals surface area contributed by atoms with Crippen LogP contribution in [0.15, 0.2) is 22.8 Å². The molecule has 1 aromatic heterocycles. The van der Waals surface area contributed by atoms with Gasteiger partial charge in [0, 0.05) is 23.3 Å². The third-order valence-corrected chi connectivity index (χ3v) is 2.47. The van der Waals surface area contributed by atoms with Gasteiger partial charge in [0.1, 0.15) is 6.10 Å². The van der Waals surface area contributed by atoms with Crippen molar-refractivity contribution in [3.8, 4) is 5.88 Å². The van der Waals surface area contributed by atoms with Crippen molar-refractivity contribution in [1.82, 2.24) is 10.3 Å². The Balaban J connectivity index is 1.97. The SMILES string of the molecule is Brc1ccc(OC2CCNC2)nc1. The minimum Gasteiger partial charge on any atom is -0.473 e. The van der Waals surface area contributed by atoms with Gasteiger partial charge in [-0.15, -0.1) is 0 Å². The van der Waals surface area contributed by atoms with Crippen molar-refractivity contribution in [3.63, 3.8) is 0 Å². The lowest BCUT2D eigenvalue weighted by Gasteiger charge is -2.10. The smallest absolute Gasteiger partial charge is 0.213 e. The summed E-state index contributed by atoms with van der Waals surface area (Å²) in [6, 6.07) is 3.81. The normalized spacial score (nSPS) is 21.8. The van der Waals surface area contributed by atoms with Crippen LogP contribution < -0.4 is 10.1 Å². The van der Waals surface area contributed by atoms with Crippen LogP contribution in [-0.2, 0) is 0 Å².